The van der Waals surface area contributed by atoms with Crippen LogP contribution < -0.4 is 0 Å². The Labute approximate surface area is 191 Å². The summed E-state index contributed by atoms with van der Waals surface area (Å²) in [5.74, 6) is -0.983. The van der Waals surface area contributed by atoms with Crippen LogP contribution in [0.2, 0.25) is 0 Å². The van der Waals surface area contributed by atoms with Crippen LogP contribution in [0.5, 0.6) is 0 Å². The molecular formula is C25H38O7. The highest BCUT2D eigenvalue weighted by atomic mass is 16.6. The van der Waals surface area contributed by atoms with Gasteiger partial charge in [-0.2, -0.15) is 0 Å². The lowest BCUT2D eigenvalue weighted by Crippen LogP contribution is -2.24. The zero-order chi connectivity index (χ0) is 23.8. The largest absolute Gasteiger partial charge is 0.463 e. The van der Waals surface area contributed by atoms with Crippen molar-refractivity contribution in [1.29, 1.82) is 0 Å². The summed E-state index contributed by atoms with van der Waals surface area (Å²) in [5, 5.41) is 19.6. The lowest BCUT2D eigenvalue weighted by atomic mass is 9.90. The number of hydrogen-bond acceptors (Lipinski definition) is 7. The van der Waals surface area contributed by atoms with Gasteiger partial charge in [0.05, 0.1) is 6.10 Å². The minimum atomic E-state index is -1.02. The van der Waals surface area contributed by atoms with E-state index < -0.39 is 24.1 Å². The Hall–Kier alpha value is -2.25. The van der Waals surface area contributed by atoms with Crippen LogP contribution in [0.3, 0.4) is 0 Å². The van der Waals surface area contributed by atoms with Crippen molar-refractivity contribution in [1.82, 2.24) is 0 Å². The van der Waals surface area contributed by atoms with E-state index in [2.05, 4.69) is 11.7 Å². The molecule has 2 N–H and O–H groups in total. The molecule has 1 aliphatic carbocycles. The fourth-order valence-electron chi connectivity index (χ4n) is 3.33. The van der Waals surface area contributed by atoms with Crippen molar-refractivity contribution in [2.45, 2.75) is 77.4 Å². The van der Waals surface area contributed by atoms with Gasteiger partial charge in [-0.3, -0.25) is 14.4 Å². The summed E-state index contributed by atoms with van der Waals surface area (Å²) in [6.07, 6.45) is 15.8. The van der Waals surface area contributed by atoms with Crippen molar-refractivity contribution >= 4 is 17.7 Å². The van der Waals surface area contributed by atoms with Crippen LogP contribution in [0.25, 0.3) is 0 Å². The van der Waals surface area contributed by atoms with Gasteiger partial charge in [0.2, 0.25) is 0 Å². The first-order valence-corrected chi connectivity index (χ1v) is 11.5. The number of carbonyl (C=O) groups excluding carboxylic acids is 3. The summed E-state index contributed by atoms with van der Waals surface area (Å²) in [6, 6.07) is 0. The lowest BCUT2D eigenvalue weighted by molar-refractivity contribution is -0.151. The van der Waals surface area contributed by atoms with Gasteiger partial charge >= 0.3 is 11.9 Å². The van der Waals surface area contributed by atoms with Gasteiger partial charge in [0, 0.05) is 19.3 Å². The molecule has 0 saturated heterocycles. The minimum absolute atomic E-state index is 0.0686. The maximum atomic E-state index is 12.1. The average molecular weight is 451 g/mol. The molecule has 0 saturated carbocycles. The molecule has 0 heterocycles. The van der Waals surface area contributed by atoms with Crippen molar-refractivity contribution in [3.63, 3.8) is 0 Å². The maximum Gasteiger partial charge on any atom is 0.305 e. The predicted molar refractivity (Wildman–Crippen MR) is 122 cm³/mol. The molecule has 1 aliphatic rings. The molecule has 1 rings (SSSR count). The SMILES string of the molecule is CCCCC[C@H](O)/C=C/[C@H]1C(=O)C=C[C@@H]1C/C=C\CCCC(=O)OC[C@H](O)COC(C)=O. The topological polar surface area (TPSA) is 110 Å². The highest BCUT2D eigenvalue weighted by Crippen LogP contribution is 2.27. The molecule has 0 radical (unpaired) electrons. The number of aliphatic hydroxyl groups excluding tert-OH is 2. The summed E-state index contributed by atoms with van der Waals surface area (Å²) >= 11 is 0. The van der Waals surface area contributed by atoms with Gasteiger partial charge in [0.15, 0.2) is 5.78 Å². The Bertz CT molecular complexity index is 665. The van der Waals surface area contributed by atoms with Crippen LogP contribution in [0.15, 0.2) is 36.5 Å². The fourth-order valence-corrected chi connectivity index (χ4v) is 3.33. The van der Waals surface area contributed by atoms with Gasteiger partial charge in [-0.1, -0.05) is 56.6 Å². The molecule has 7 heteroatoms. The van der Waals surface area contributed by atoms with E-state index in [0.29, 0.717) is 12.8 Å². The first kappa shape index (κ1) is 27.8. The Morgan fingerprint density at radius 2 is 1.88 bits per heavy atom. The Morgan fingerprint density at radius 3 is 2.59 bits per heavy atom. The molecule has 32 heavy (non-hydrogen) atoms. The van der Waals surface area contributed by atoms with Crippen LogP contribution in [0.4, 0.5) is 0 Å². The highest BCUT2D eigenvalue weighted by molar-refractivity contribution is 5.95. The third-order valence-electron chi connectivity index (χ3n) is 5.18. The third kappa shape index (κ3) is 12.6. The van der Waals surface area contributed by atoms with Crippen molar-refractivity contribution in [3.8, 4) is 0 Å². The first-order valence-electron chi connectivity index (χ1n) is 11.5. The molecule has 0 spiro atoms. The predicted octanol–water partition coefficient (Wildman–Crippen LogP) is 3.44. The van der Waals surface area contributed by atoms with Gasteiger partial charge in [0.1, 0.15) is 19.3 Å². The van der Waals surface area contributed by atoms with E-state index in [0.717, 1.165) is 32.1 Å². The number of unbranched alkanes of at least 4 members (excludes halogenated alkanes) is 3. The number of allylic oxidation sites excluding steroid dienone is 5. The molecule has 0 bridgehead atoms. The summed E-state index contributed by atoms with van der Waals surface area (Å²) in [7, 11) is 0. The standard InChI is InChI=1S/C25H38O7/c1-3-4-7-11-21(27)14-15-23-20(13-16-24(23)29)10-8-5-6-9-12-25(30)32-18-22(28)17-31-19(2)26/h5,8,13-16,20-23,27-28H,3-4,6-7,9-12,17-18H2,1-2H3/b8-5-,15-14+/t20-,21-,22+,23+/m0/s1. The first-order chi connectivity index (χ1) is 15.3. The van der Waals surface area contributed by atoms with Crippen LogP contribution in [-0.4, -0.2) is 53.4 Å². The van der Waals surface area contributed by atoms with Crippen molar-refractivity contribution in [2.24, 2.45) is 11.8 Å². The lowest BCUT2D eigenvalue weighted by Gasteiger charge is -2.13. The number of aliphatic hydroxyl groups is 2. The van der Waals surface area contributed by atoms with Crippen LogP contribution in [0, 0.1) is 11.8 Å². The Morgan fingerprint density at radius 1 is 1.12 bits per heavy atom. The number of ether oxygens (including phenoxy) is 2. The van der Waals surface area contributed by atoms with E-state index in [9.17, 15) is 24.6 Å². The van der Waals surface area contributed by atoms with E-state index in [4.69, 9.17) is 4.74 Å². The van der Waals surface area contributed by atoms with Crippen molar-refractivity contribution in [3.05, 3.63) is 36.5 Å². The Balaban J connectivity index is 2.24. The smallest absolute Gasteiger partial charge is 0.305 e. The summed E-state index contributed by atoms with van der Waals surface area (Å²) < 4.78 is 9.58. The minimum Gasteiger partial charge on any atom is -0.463 e. The monoisotopic (exact) mass is 450 g/mol. The zero-order valence-electron chi connectivity index (χ0n) is 19.3. The van der Waals surface area contributed by atoms with Crippen LogP contribution >= 0.6 is 0 Å². The summed E-state index contributed by atoms with van der Waals surface area (Å²) in [4.78, 5) is 34.4. The summed E-state index contributed by atoms with van der Waals surface area (Å²) in [5.41, 5.74) is 0. The van der Waals surface area contributed by atoms with E-state index in [-0.39, 0.29) is 37.3 Å². The summed E-state index contributed by atoms with van der Waals surface area (Å²) in [6.45, 7) is 2.96. The zero-order valence-corrected chi connectivity index (χ0v) is 19.3. The fraction of sp³-hybridized carbons (Fsp3) is 0.640. The molecule has 4 atom stereocenters. The van der Waals surface area contributed by atoms with Crippen LogP contribution in [-0.2, 0) is 23.9 Å². The number of hydrogen-bond donors (Lipinski definition) is 2. The highest BCUT2D eigenvalue weighted by Gasteiger charge is 2.26. The molecule has 0 unspecified atom stereocenters. The number of rotatable bonds is 16. The maximum absolute atomic E-state index is 12.1. The Kier molecular flexibility index (Phi) is 14.2. The normalized spacial score (nSPS) is 20.2. The van der Waals surface area contributed by atoms with E-state index >= 15 is 0 Å². The van der Waals surface area contributed by atoms with Gasteiger partial charge in [-0.05, 0) is 37.7 Å². The van der Waals surface area contributed by atoms with Crippen molar-refractivity contribution in [2.75, 3.05) is 13.2 Å². The number of carbonyl (C=O) groups is 3. The van der Waals surface area contributed by atoms with E-state index in [1.54, 1.807) is 12.2 Å². The van der Waals surface area contributed by atoms with Gasteiger partial charge in [-0.15, -0.1) is 0 Å². The van der Waals surface area contributed by atoms with Crippen LogP contribution in [0.1, 0.15) is 65.2 Å². The second-order valence-electron chi connectivity index (χ2n) is 8.14. The van der Waals surface area contributed by atoms with Gasteiger partial charge in [0.25, 0.3) is 0 Å². The number of esters is 2. The molecule has 0 aromatic heterocycles. The molecule has 0 fully saturated rings. The molecular weight excluding hydrogens is 412 g/mol. The van der Waals surface area contributed by atoms with Crippen molar-refractivity contribution < 1.29 is 34.1 Å². The molecule has 0 aromatic carbocycles. The molecule has 0 amide bonds. The van der Waals surface area contributed by atoms with E-state index in [1.165, 1.54) is 6.92 Å². The second kappa shape index (κ2) is 16.4. The quantitative estimate of drug-likeness (QED) is 0.211. The molecule has 7 nitrogen and oxygen atoms in total. The second-order valence-corrected chi connectivity index (χ2v) is 8.14. The molecule has 180 valence electrons. The molecule has 0 aliphatic heterocycles. The average Bonchev–Trinajstić information content (AvgIpc) is 3.11. The third-order valence-corrected chi connectivity index (χ3v) is 5.18. The van der Waals surface area contributed by atoms with E-state index in [1.807, 2.05) is 24.3 Å². The number of ketones is 1. The van der Waals surface area contributed by atoms with Gasteiger partial charge < -0.3 is 19.7 Å². The molecule has 0 aromatic rings. The van der Waals surface area contributed by atoms with Gasteiger partial charge in [-0.25, -0.2) is 0 Å².